The monoisotopic (exact) mass is 551 g/mol. The molecular formula is C30H37N3O7. The Morgan fingerprint density at radius 1 is 1.10 bits per heavy atom. The molecule has 4 atom stereocenters. The van der Waals surface area contributed by atoms with Gasteiger partial charge in [0.1, 0.15) is 22.8 Å². The molecule has 1 fully saturated rings. The summed E-state index contributed by atoms with van der Waals surface area (Å²) in [4.78, 5) is 42.8. The number of phenolic OH excluding ortho intramolecular Hbond substituents is 1. The molecule has 0 spiro atoms. The molecular weight excluding hydrogens is 514 g/mol. The first kappa shape index (κ1) is 29.3. The second-order valence-electron chi connectivity index (χ2n) is 11.5. The molecule has 0 saturated heterocycles. The van der Waals surface area contributed by atoms with Gasteiger partial charge < -0.3 is 31.1 Å². The van der Waals surface area contributed by atoms with Crippen molar-refractivity contribution in [3.05, 3.63) is 63.5 Å². The molecule has 10 heteroatoms. The highest BCUT2D eigenvalue weighted by Crippen LogP contribution is 2.53. The quantitative estimate of drug-likeness (QED) is 0.262. The predicted molar refractivity (Wildman–Crippen MR) is 150 cm³/mol. The minimum atomic E-state index is -2.65. The molecule has 4 rings (SSSR count). The number of nitrogens with zero attached hydrogens (tertiary/aromatic N) is 2. The van der Waals surface area contributed by atoms with Gasteiger partial charge in [0.15, 0.2) is 11.4 Å². The van der Waals surface area contributed by atoms with Gasteiger partial charge in [0.05, 0.1) is 11.6 Å². The topological polar surface area (TPSA) is 165 Å². The molecule has 0 unspecified atom stereocenters. The summed E-state index contributed by atoms with van der Waals surface area (Å²) in [6.45, 7) is 4.72. The number of nitrogens with two attached hydrogens (primary N) is 1. The molecule has 0 heterocycles. The number of carbonyl (C=O) groups is 3. The first-order valence-corrected chi connectivity index (χ1v) is 13.1. The van der Waals surface area contributed by atoms with Gasteiger partial charge in [-0.2, -0.15) is 0 Å². The minimum Gasteiger partial charge on any atom is -0.508 e. The Labute approximate surface area is 233 Å². The molecule has 0 radical (unpaired) electrons. The maximum atomic E-state index is 13.9. The second kappa shape index (κ2) is 10.3. The summed E-state index contributed by atoms with van der Waals surface area (Å²) in [6.07, 6.45) is 4.25. The summed E-state index contributed by atoms with van der Waals surface area (Å²) in [5.41, 5.74) is 5.24. The number of hydrogen-bond donors (Lipinski definition) is 5. The normalized spacial score (nSPS) is 27.3. The number of ketones is 2. The van der Waals surface area contributed by atoms with E-state index in [0.29, 0.717) is 5.56 Å². The summed E-state index contributed by atoms with van der Waals surface area (Å²) in [7, 11) is 7.11. The van der Waals surface area contributed by atoms with Crippen molar-refractivity contribution in [3.63, 3.8) is 0 Å². The van der Waals surface area contributed by atoms with E-state index >= 15 is 0 Å². The Hall–Kier alpha value is -3.73. The van der Waals surface area contributed by atoms with Crippen molar-refractivity contribution in [2.24, 2.45) is 17.6 Å². The zero-order chi connectivity index (χ0) is 29.8. The molecule has 6 N–H and O–H groups in total. The van der Waals surface area contributed by atoms with Crippen LogP contribution in [0.1, 0.15) is 37.0 Å². The molecule has 1 saturated carbocycles. The molecule has 1 aromatic rings. The highest BCUT2D eigenvalue weighted by molar-refractivity contribution is 6.24. The molecule has 214 valence electrons. The number of primary amides is 1. The summed E-state index contributed by atoms with van der Waals surface area (Å²) >= 11 is 0. The van der Waals surface area contributed by atoms with E-state index < -0.39 is 58.0 Å². The largest absolute Gasteiger partial charge is 0.508 e. The molecule has 1 amide bonds. The Balaban J connectivity index is 1.90. The molecule has 3 aliphatic carbocycles. The van der Waals surface area contributed by atoms with Crippen LogP contribution in [0, 0.1) is 11.8 Å². The van der Waals surface area contributed by atoms with E-state index in [4.69, 9.17) is 5.73 Å². The number of allylic oxidation sites excluding steroid dienone is 3. The zero-order valence-electron chi connectivity index (χ0n) is 23.6. The summed E-state index contributed by atoms with van der Waals surface area (Å²) in [5, 5.41) is 44.8. The van der Waals surface area contributed by atoms with E-state index in [2.05, 4.69) is 4.90 Å². The van der Waals surface area contributed by atoms with Crippen molar-refractivity contribution in [3.8, 4) is 5.75 Å². The average molecular weight is 552 g/mol. The fourth-order valence-corrected chi connectivity index (χ4v) is 6.52. The lowest BCUT2D eigenvalue weighted by Gasteiger charge is -2.50. The molecule has 1 aromatic carbocycles. The van der Waals surface area contributed by atoms with Gasteiger partial charge in [-0.15, -0.1) is 0 Å². The lowest BCUT2D eigenvalue weighted by Crippen LogP contribution is -2.65. The van der Waals surface area contributed by atoms with Gasteiger partial charge in [0.25, 0.3) is 5.91 Å². The van der Waals surface area contributed by atoms with Crippen LogP contribution in [-0.2, 0) is 20.8 Å². The molecule has 3 aliphatic rings. The Kier molecular flexibility index (Phi) is 7.57. The van der Waals surface area contributed by atoms with Gasteiger partial charge in [0.2, 0.25) is 5.78 Å². The van der Waals surface area contributed by atoms with Crippen LogP contribution >= 0.6 is 0 Å². The molecule has 0 bridgehead atoms. The van der Waals surface area contributed by atoms with E-state index in [0.717, 1.165) is 23.3 Å². The fourth-order valence-electron chi connectivity index (χ4n) is 6.52. The van der Waals surface area contributed by atoms with Crippen molar-refractivity contribution < 1.29 is 34.8 Å². The van der Waals surface area contributed by atoms with Crippen LogP contribution in [0.2, 0.25) is 0 Å². The van der Waals surface area contributed by atoms with Gasteiger partial charge in [-0.05, 0) is 83.6 Å². The van der Waals surface area contributed by atoms with Crippen LogP contribution < -0.4 is 5.73 Å². The minimum absolute atomic E-state index is 0.0471. The van der Waals surface area contributed by atoms with Gasteiger partial charge in [-0.3, -0.25) is 19.3 Å². The number of phenols is 1. The fraction of sp³-hybridized carbons (Fsp3) is 0.433. The number of hydrogen-bond acceptors (Lipinski definition) is 9. The Morgan fingerprint density at radius 3 is 2.33 bits per heavy atom. The standard InChI is InChI=1S/C30H37N3O7/c1-14(13-32(3)4)7-8-15(2)17-9-10-20(34)22-18(17)11-16-12-19-24(33(5)6)26(36)23(29(31)39)28(38)30(19,40)27(37)21(16)25(22)35/h7-10,16,19,24,34-35,38,40H,11-13H2,1-6H3,(H2,31,39)/b14-7+,15-8+/t16-,19-,24-,30-/m0/s1. The third-order valence-corrected chi connectivity index (χ3v) is 8.21. The van der Waals surface area contributed by atoms with Crippen LogP contribution in [0.15, 0.2) is 46.8 Å². The van der Waals surface area contributed by atoms with Crippen molar-refractivity contribution in [1.82, 2.24) is 9.80 Å². The summed E-state index contributed by atoms with van der Waals surface area (Å²) < 4.78 is 0. The number of Topliss-reactive ketones (excluding diaryl/α,β-unsaturated/α-hetero) is 2. The number of amides is 1. The van der Waals surface area contributed by atoms with Crippen molar-refractivity contribution in [1.29, 1.82) is 0 Å². The van der Waals surface area contributed by atoms with Crippen LogP contribution in [-0.4, -0.2) is 94.1 Å². The maximum absolute atomic E-state index is 13.9. The second-order valence-corrected chi connectivity index (χ2v) is 11.5. The highest BCUT2D eigenvalue weighted by atomic mass is 16.3. The lowest BCUT2D eigenvalue weighted by molar-refractivity contribution is -0.153. The molecule has 0 aliphatic heterocycles. The van der Waals surface area contributed by atoms with Crippen LogP contribution in [0.5, 0.6) is 5.75 Å². The number of benzene rings is 1. The first-order valence-electron chi connectivity index (χ1n) is 13.1. The number of fused-ring (bicyclic) bond motifs is 3. The summed E-state index contributed by atoms with van der Waals surface area (Å²) in [6, 6.07) is 2.08. The predicted octanol–water partition coefficient (Wildman–Crippen LogP) is 1.88. The highest BCUT2D eigenvalue weighted by Gasteiger charge is 2.64. The number of carbonyl (C=O) groups excluding carboxylic acids is 3. The molecule has 0 aromatic heterocycles. The van der Waals surface area contributed by atoms with Crippen LogP contribution in [0.4, 0.5) is 0 Å². The maximum Gasteiger partial charge on any atom is 0.255 e. The van der Waals surface area contributed by atoms with Crippen LogP contribution in [0.3, 0.4) is 0 Å². The first-order chi connectivity index (χ1) is 18.6. The number of likely N-dealkylation sites (N-methyl/N-ethyl adjacent to an activating group) is 2. The van der Waals surface area contributed by atoms with E-state index in [9.17, 15) is 34.8 Å². The van der Waals surface area contributed by atoms with Gasteiger partial charge in [-0.1, -0.05) is 23.8 Å². The van der Waals surface area contributed by atoms with Gasteiger partial charge in [0, 0.05) is 18.0 Å². The SMILES string of the molecule is C/C(=C\C=C(/C)c1ccc(O)c2c1C[C@H]1C[C@H]3[C@H](N(C)C)C(=O)C(C(N)=O)=C(O)[C@@]3(O)C(=O)C1=C2O)CN(C)C. The van der Waals surface area contributed by atoms with Gasteiger partial charge in [-0.25, -0.2) is 0 Å². The van der Waals surface area contributed by atoms with E-state index in [1.165, 1.54) is 11.0 Å². The number of rotatable bonds is 6. The lowest BCUT2D eigenvalue weighted by atomic mass is 9.57. The number of aliphatic hydroxyl groups excluding tert-OH is 2. The molecule has 40 heavy (non-hydrogen) atoms. The number of aromatic hydroxyl groups is 1. The zero-order valence-corrected chi connectivity index (χ0v) is 23.6. The number of aliphatic hydroxyl groups is 3. The molecule has 10 nitrogen and oxygen atoms in total. The van der Waals surface area contributed by atoms with Crippen molar-refractivity contribution in [2.75, 3.05) is 34.7 Å². The van der Waals surface area contributed by atoms with Crippen molar-refractivity contribution in [2.45, 2.75) is 38.3 Å². The third kappa shape index (κ3) is 4.46. The van der Waals surface area contributed by atoms with E-state index in [1.54, 1.807) is 20.2 Å². The third-order valence-electron chi connectivity index (χ3n) is 8.21. The van der Waals surface area contributed by atoms with E-state index in [1.807, 2.05) is 40.1 Å². The van der Waals surface area contributed by atoms with Gasteiger partial charge >= 0.3 is 0 Å². The Bertz CT molecular complexity index is 1430. The van der Waals surface area contributed by atoms with Crippen LogP contribution in [0.25, 0.3) is 11.3 Å². The van der Waals surface area contributed by atoms with Crippen molar-refractivity contribution >= 4 is 28.8 Å². The van der Waals surface area contributed by atoms with E-state index in [-0.39, 0.29) is 29.7 Å². The smallest absolute Gasteiger partial charge is 0.255 e. The average Bonchev–Trinajstić information content (AvgIpc) is 2.84. The Morgan fingerprint density at radius 2 is 1.75 bits per heavy atom. The summed E-state index contributed by atoms with van der Waals surface area (Å²) in [5.74, 6) is -6.62.